The molecule has 0 aliphatic carbocycles. The molecule has 0 radical (unpaired) electrons. The van der Waals surface area contributed by atoms with Gasteiger partial charge in [0.25, 0.3) is 0 Å². The summed E-state index contributed by atoms with van der Waals surface area (Å²) < 4.78 is 48.6. The molecular formula is C11H15BF3NO3S. The molecule has 1 N–H and O–H groups in total. The maximum absolute atomic E-state index is 12.4. The Bertz CT molecular complexity index is 487. The second-order valence-electron chi connectivity index (χ2n) is 5.64. The summed E-state index contributed by atoms with van der Waals surface area (Å²) in [6.07, 6.45) is -7.31. The monoisotopic (exact) mass is 309 g/mol. The Kier molecular flexibility index (Phi) is 3.69. The smallest absolute Gasteiger partial charge is 0.398 e. The molecule has 1 aliphatic heterocycles. The lowest BCUT2D eigenvalue weighted by molar-refractivity contribution is -0.206. The quantitative estimate of drug-likeness (QED) is 0.850. The van der Waals surface area contributed by atoms with Gasteiger partial charge in [0.2, 0.25) is 6.10 Å². The Morgan fingerprint density at radius 3 is 2.20 bits per heavy atom. The molecule has 0 amide bonds. The SMILES string of the molecule is CC1(C)OB(c2csc(C(O)C(F)(F)F)n2)OC1(C)C. The highest BCUT2D eigenvalue weighted by atomic mass is 32.1. The van der Waals surface area contributed by atoms with Crippen LogP contribution in [0, 0.1) is 0 Å². The van der Waals surface area contributed by atoms with Gasteiger partial charge in [-0.1, -0.05) is 0 Å². The van der Waals surface area contributed by atoms with Crippen LogP contribution in [0.5, 0.6) is 0 Å². The number of aliphatic hydroxyl groups excluding tert-OH is 1. The van der Waals surface area contributed by atoms with Crippen molar-refractivity contribution in [2.75, 3.05) is 0 Å². The molecule has 1 saturated heterocycles. The van der Waals surface area contributed by atoms with E-state index in [0.717, 1.165) is 11.3 Å². The van der Waals surface area contributed by atoms with Crippen molar-refractivity contribution >= 4 is 24.0 Å². The van der Waals surface area contributed by atoms with Gasteiger partial charge in [-0.25, -0.2) is 4.98 Å². The fraction of sp³-hybridized carbons (Fsp3) is 0.727. The molecule has 1 fully saturated rings. The van der Waals surface area contributed by atoms with Crippen LogP contribution in [-0.4, -0.2) is 34.6 Å². The average molecular weight is 309 g/mol. The molecule has 1 aromatic rings. The molecule has 1 aromatic heterocycles. The van der Waals surface area contributed by atoms with E-state index in [-0.39, 0.29) is 5.59 Å². The largest absolute Gasteiger partial charge is 0.515 e. The Labute approximate surface area is 119 Å². The zero-order valence-electron chi connectivity index (χ0n) is 11.5. The van der Waals surface area contributed by atoms with Crippen LogP contribution in [0.4, 0.5) is 13.2 Å². The van der Waals surface area contributed by atoms with Crippen LogP contribution in [0.25, 0.3) is 0 Å². The lowest BCUT2D eigenvalue weighted by atomic mass is 9.86. The number of hydrogen-bond acceptors (Lipinski definition) is 5. The van der Waals surface area contributed by atoms with Crippen molar-refractivity contribution in [1.29, 1.82) is 0 Å². The third kappa shape index (κ3) is 2.72. The molecular weight excluding hydrogens is 294 g/mol. The van der Waals surface area contributed by atoms with Crippen LogP contribution in [0.15, 0.2) is 5.38 Å². The van der Waals surface area contributed by atoms with Crippen molar-refractivity contribution in [3.8, 4) is 0 Å². The zero-order valence-corrected chi connectivity index (χ0v) is 12.3. The summed E-state index contributed by atoms with van der Waals surface area (Å²) in [5.41, 5.74) is -0.944. The summed E-state index contributed by atoms with van der Waals surface area (Å²) in [7, 11) is -0.828. The van der Waals surface area contributed by atoms with E-state index in [1.807, 2.05) is 27.7 Å². The molecule has 2 rings (SSSR count). The maximum Gasteiger partial charge on any atom is 0.515 e. The summed E-state index contributed by atoms with van der Waals surface area (Å²) in [5.74, 6) is 0. The molecule has 1 atom stereocenters. The van der Waals surface area contributed by atoms with E-state index in [2.05, 4.69) is 4.98 Å². The van der Waals surface area contributed by atoms with E-state index >= 15 is 0 Å². The van der Waals surface area contributed by atoms with Crippen molar-refractivity contribution in [3.63, 3.8) is 0 Å². The van der Waals surface area contributed by atoms with Gasteiger partial charge in [-0.3, -0.25) is 0 Å². The third-order valence-electron chi connectivity index (χ3n) is 3.58. The Morgan fingerprint density at radius 2 is 1.75 bits per heavy atom. The topological polar surface area (TPSA) is 51.6 Å². The lowest BCUT2D eigenvalue weighted by Gasteiger charge is -2.32. The van der Waals surface area contributed by atoms with Crippen LogP contribution < -0.4 is 5.59 Å². The summed E-state index contributed by atoms with van der Waals surface area (Å²) in [4.78, 5) is 3.79. The first-order valence-corrected chi connectivity index (χ1v) is 6.88. The van der Waals surface area contributed by atoms with E-state index < -0.39 is 35.6 Å². The van der Waals surface area contributed by atoms with E-state index in [1.54, 1.807) is 0 Å². The van der Waals surface area contributed by atoms with Gasteiger partial charge in [0.15, 0.2) is 0 Å². The summed E-state index contributed by atoms with van der Waals surface area (Å²) in [6.45, 7) is 7.35. The molecule has 112 valence electrons. The highest BCUT2D eigenvalue weighted by Gasteiger charge is 2.53. The maximum atomic E-state index is 12.4. The van der Waals surface area contributed by atoms with Gasteiger partial charge in [-0.2, -0.15) is 13.2 Å². The van der Waals surface area contributed by atoms with Crippen LogP contribution in [0.3, 0.4) is 0 Å². The van der Waals surface area contributed by atoms with E-state index in [9.17, 15) is 13.2 Å². The first kappa shape index (κ1) is 15.7. The van der Waals surface area contributed by atoms with Gasteiger partial charge in [-0.05, 0) is 27.7 Å². The normalized spacial score (nSPS) is 23.1. The Balaban J connectivity index is 2.19. The molecule has 0 bridgehead atoms. The predicted octanol–water partition coefficient (Wildman–Crippen LogP) is 2.04. The van der Waals surface area contributed by atoms with Crippen molar-refractivity contribution in [2.24, 2.45) is 0 Å². The van der Waals surface area contributed by atoms with Crippen LogP contribution >= 0.6 is 11.3 Å². The van der Waals surface area contributed by atoms with E-state index in [0.29, 0.717) is 0 Å². The first-order chi connectivity index (χ1) is 8.94. The minimum atomic E-state index is -4.73. The van der Waals surface area contributed by atoms with Crippen molar-refractivity contribution in [1.82, 2.24) is 4.98 Å². The third-order valence-corrected chi connectivity index (χ3v) is 4.49. The number of aliphatic hydroxyl groups is 1. The highest BCUT2D eigenvalue weighted by Crippen LogP contribution is 2.37. The summed E-state index contributed by atoms with van der Waals surface area (Å²) in [5, 5.41) is 10.2. The number of hydrogen-bond donors (Lipinski definition) is 1. The van der Waals surface area contributed by atoms with E-state index in [4.69, 9.17) is 14.4 Å². The van der Waals surface area contributed by atoms with E-state index in [1.165, 1.54) is 5.38 Å². The number of thiazole rings is 1. The van der Waals surface area contributed by atoms with Crippen LogP contribution in [0.1, 0.15) is 38.8 Å². The molecule has 0 saturated carbocycles. The molecule has 9 heteroatoms. The number of alkyl halides is 3. The fourth-order valence-electron chi connectivity index (χ4n) is 1.64. The van der Waals surface area contributed by atoms with Crippen molar-refractivity contribution < 1.29 is 27.6 Å². The number of nitrogens with zero attached hydrogens (tertiary/aromatic N) is 1. The lowest BCUT2D eigenvalue weighted by Crippen LogP contribution is -2.41. The molecule has 20 heavy (non-hydrogen) atoms. The van der Waals surface area contributed by atoms with Gasteiger partial charge >= 0.3 is 13.3 Å². The van der Waals surface area contributed by atoms with Gasteiger partial charge in [0.1, 0.15) is 5.01 Å². The van der Waals surface area contributed by atoms with Crippen LogP contribution in [-0.2, 0) is 9.31 Å². The van der Waals surface area contributed by atoms with Gasteiger partial charge in [-0.15, -0.1) is 11.3 Å². The molecule has 0 aromatic carbocycles. The first-order valence-electron chi connectivity index (χ1n) is 6.00. The summed E-state index contributed by atoms with van der Waals surface area (Å²) >= 11 is 0.731. The standard InChI is InChI=1S/C11H15BF3NO3S/c1-9(2)10(3,4)19-12(18-9)6-5-20-8(16-6)7(17)11(13,14)15/h5,7,17H,1-4H3. The Morgan fingerprint density at radius 1 is 1.25 bits per heavy atom. The van der Waals surface area contributed by atoms with Gasteiger partial charge in [0.05, 0.1) is 16.8 Å². The zero-order chi connectivity index (χ0) is 15.3. The highest BCUT2D eigenvalue weighted by molar-refractivity contribution is 7.10. The average Bonchev–Trinajstić information content (AvgIpc) is 2.80. The molecule has 1 unspecified atom stereocenters. The fourth-order valence-corrected chi connectivity index (χ4v) is 2.46. The molecule has 1 aliphatic rings. The van der Waals surface area contributed by atoms with Crippen molar-refractivity contribution in [2.45, 2.75) is 51.2 Å². The number of halogens is 3. The number of aromatic nitrogens is 1. The summed E-state index contributed by atoms with van der Waals surface area (Å²) in [6, 6.07) is 0. The van der Waals surface area contributed by atoms with Crippen molar-refractivity contribution in [3.05, 3.63) is 10.4 Å². The number of rotatable bonds is 2. The minimum absolute atomic E-state index is 0.243. The van der Waals surface area contributed by atoms with Crippen LogP contribution in [0.2, 0.25) is 0 Å². The molecule has 2 heterocycles. The minimum Gasteiger partial charge on any atom is -0.398 e. The molecule has 0 spiro atoms. The Hall–Kier alpha value is -0.635. The van der Waals surface area contributed by atoms with Gasteiger partial charge in [0, 0.05) is 5.38 Å². The second kappa shape index (κ2) is 4.69. The van der Waals surface area contributed by atoms with Gasteiger partial charge < -0.3 is 14.4 Å². The predicted molar refractivity (Wildman–Crippen MR) is 68.8 cm³/mol. The second-order valence-corrected chi connectivity index (χ2v) is 6.53. The molecule has 4 nitrogen and oxygen atoms in total.